The summed E-state index contributed by atoms with van der Waals surface area (Å²) >= 11 is 0. The van der Waals surface area contributed by atoms with Crippen LogP contribution in [0, 0.1) is 0 Å². The van der Waals surface area contributed by atoms with Gasteiger partial charge in [-0.25, -0.2) is 13.1 Å². The highest BCUT2D eigenvalue weighted by Gasteiger charge is 2.40. The van der Waals surface area contributed by atoms with E-state index < -0.39 is 10.0 Å². The Morgan fingerprint density at radius 1 is 1.35 bits per heavy atom. The van der Waals surface area contributed by atoms with Crippen molar-refractivity contribution < 1.29 is 8.42 Å². The van der Waals surface area contributed by atoms with Crippen molar-refractivity contribution in [1.82, 2.24) is 4.72 Å². The summed E-state index contributed by atoms with van der Waals surface area (Å²) in [6.07, 6.45) is 2.78. The number of hydrogen-bond donors (Lipinski definition) is 2. The standard InChI is InChI=1S/C14H21N3O2S/c1-2-14(15)9-17(10-14)12-5-3-4-6-13(12)20(18,19)16-11-7-8-11/h3-6,11,16H,2,7-10,15H2,1H3. The van der Waals surface area contributed by atoms with Crippen molar-refractivity contribution in [3.05, 3.63) is 24.3 Å². The Kier molecular flexibility index (Phi) is 3.27. The van der Waals surface area contributed by atoms with Crippen molar-refractivity contribution in [2.24, 2.45) is 5.73 Å². The molecule has 1 saturated heterocycles. The minimum Gasteiger partial charge on any atom is -0.367 e. The van der Waals surface area contributed by atoms with Gasteiger partial charge < -0.3 is 10.6 Å². The molecule has 6 heteroatoms. The Balaban J connectivity index is 1.86. The second kappa shape index (κ2) is 4.72. The van der Waals surface area contributed by atoms with Crippen molar-refractivity contribution in [2.75, 3.05) is 18.0 Å². The first-order chi connectivity index (χ1) is 9.43. The molecule has 0 amide bonds. The van der Waals surface area contributed by atoms with Gasteiger partial charge in [-0.05, 0) is 31.4 Å². The first-order valence-electron chi connectivity index (χ1n) is 7.09. The van der Waals surface area contributed by atoms with E-state index in [1.807, 2.05) is 17.0 Å². The number of benzene rings is 1. The van der Waals surface area contributed by atoms with Gasteiger partial charge in [0.05, 0.1) is 11.2 Å². The predicted molar refractivity (Wildman–Crippen MR) is 79.2 cm³/mol. The maximum Gasteiger partial charge on any atom is 0.242 e. The number of hydrogen-bond acceptors (Lipinski definition) is 4. The van der Waals surface area contributed by atoms with E-state index in [0.29, 0.717) is 18.0 Å². The van der Waals surface area contributed by atoms with Crippen LogP contribution >= 0.6 is 0 Å². The van der Waals surface area contributed by atoms with Gasteiger partial charge in [0.1, 0.15) is 4.90 Å². The van der Waals surface area contributed by atoms with Gasteiger partial charge in [-0.15, -0.1) is 0 Å². The molecule has 3 rings (SSSR count). The van der Waals surface area contributed by atoms with Crippen LogP contribution in [-0.2, 0) is 10.0 Å². The second-order valence-electron chi connectivity index (χ2n) is 5.94. The molecule has 2 fully saturated rings. The number of para-hydroxylation sites is 1. The Labute approximate surface area is 120 Å². The Morgan fingerprint density at radius 3 is 2.60 bits per heavy atom. The van der Waals surface area contributed by atoms with Gasteiger partial charge in [-0.1, -0.05) is 19.1 Å². The Bertz CT molecular complexity index is 605. The van der Waals surface area contributed by atoms with Crippen LogP contribution in [0.15, 0.2) is 29.2 Å². The van der Waals surface area contributed by atoms with E-state index in [9.17, 15) is 8.42 Å². The lowest BCUT2D eigenvalue weighted by Crippen LogP contribution is -2.67. The van der Waals surface area contributed by atoms with Crippen LogP contribution < -0.4 is 15.4 Å². The molecule has 1 heterocycles. The van der Waals surface area contributed by atoms with Crippen molar-refractivity contribution in [2.45, 2.75) is 42.7 Å². The van der Waals surface area contributed by atoms with Crippen molar-refractivity contribution in [3.63, 3.8) is 0 Å². The fourth-order valence-corrected chi connectivity index (χ4v) is 4.07. The molecule has 20 heavy (non-hydrogen) atoms. The quantitative estimate of drug-likeness (QED) is 0.851. The normalized spacial score (nSPS) is 21.6. The molecule has 1 aromatic rings. The van der Waals surface area contributed by atoms with Crippen molar-refractivity contribution >= 4 is 15.7 Å². The zero-order valence-electron chi connectivity index (χ0n) is 11.7. The SMILES string of the molecule is CCC1(N)CN(c2ccccc2S(=O)(=O)NC2CC2)C1. The minimum atomic E-state index is -3.43. The van der Waals surface area contributed by atoms with E-state index >= 15 is 0 Å². The first kappa shape index (κ1) is 13.9. The summed E-state index contributed by atoms with van der Waals surface area (Å²) in [4.78, 5) is 2.41. The maximum absolute atomic E-state index is 12.4. The lowest BCUT2D eigenvalue weighted by molar-refractivity contribution is 0.321. The molecule has 0 unspecified atom stereocenters. The van der Waals surface area contributed by atoms with E-state index in [0.717, 1.165) is 24.9 Å². The summed E-state index contributed by atoms with van der Waals surface area (Å²) in [5.74, 6) is 0. The monoisotopic (exact) mass is 295 g/mol. The predicted octanol–water partition coefficient (Wildman–Crippen LogP) is 1.05. The largest absolute Gasteiger partial charge is 0.367 e. The lowest BCUT2D eigenvalue weighted by Gasteiger charge is -2.49. The average Bonchev–Trinajstić information content (AvgIpc) is 3.18. The highest BCUT2D eigenvalue weighted by molar-refractivity contribution is 7.89. The van der Waals surface area contributed by atoms with E-state index in [4.69, 9.17) is 5.73 Å². The van der Waals surface area contributed by atoms with Crippen LogP contribution in [0.2, 0.25) is 0 Å². The van der Waals surface area contributed by atoms with Gasteiger partial charge in [0.25, 0.3) is 0 Å². The molecular formula is C14H21N3O2S. The zero-order chi connectivity index (χ0) is 14.4. The molecule has 110 valence electrons. The molecule has 2 aliphatic rings. The Hall–Kier alpha value is -1.11. The number of rotatable bonds is 5. The van der Waals surface area contributed by atoms with E-state index in [1.165, 1.54) is 0 Å². The summed E-state index contributed by atoms with van der Waals surface area (Å²) in [6.45, 7) is 3.48. The van der Waals surface area contributed by atoms with E-state index in [2.05, 4.69) is 11.6 Å². The van der Waals surface area contributed by atoms with Crippen LogP contribution in [0.4, 0.5) is 5.69 Å². The molecule has 1 aromatic carbocycles. The highest BCUT2D eigenvalue weighted by atomic mass is 32.2. The molecule has 0 spiro atoms. The van der Waals surface area contributed by atoms with Crippen LogP contribution in [-0.4, -0.2) is 33.1 Å². The van der Waals surface area contributed by atoms with Gasteiger partial charge in [-0.2, -0.15) is 0 Å². The molecular weight excluding hydrogens is 274 g/mol. The fraction of sp³-hybridized carbons (Fsp3) is 0.571. The third-order valence-electron chi connectivity index (χ3n) is 4.11. The van der Waals surface area contributed by atoms with Gasteiger partial charge in [-0.3, -0.25) is 0 Å². The average molecular weight is 295 g/mol. The van der Waals surface area contributed by atoms with Crippen LogP contribution in [0.25, 0.3) is 0 Å². The van der Waals surface area contributed by atoms with Gasteiger partial charge in [0, 0.05) is 19.1 Å². The second-order valence-corrected chi connectivity index (χ2v) is 7.62. The van der Waals surface area contributed by atoms with Gasteiger partial charge in [0.15, 0.2) is 0 Å². The zero-order valence-corrected chi connectivity index (χ0v) is 12.5. The molecule has 1 aliphatic carbocycles. The smallest absolute Gasteiger partial charge is 0.242 e. The first-order valence-corrected chi connectivity index (χ1v) is 8.57. The van der Waals surface area contributed by atoms with Gasteiger partial charge in [0.2, 0.25) is 10.0 Å². The molecule has 0 radical (unpaired) electrons. The summed E-state index contributed by atoms with van der Waals surface area (Å²) in [6, 6.07) is 7.28. The third-order valence-corrected chi connectivity index (χ3v) is 5.68. The Morgan fingerprint density at radius 2 is 2.00 bits per heavy atom. The third kappa shape index (κ3) is 2.55. The number of nitrogens with two attached hydrogens (primary N) is 1. The van der Waals surface area contributed by atoms with Crippen LogP contribution in [0.3, 0.4) is 0 Å². The number of nitrogens with one attached hydrogen (secondary N) is 1. The molecule has 0 aromatic heterocycles. The van der Waals surface area contributed by atoms with Crippen LogP contribution in [0.1, 0.15) is 26.2 Å². The molecule has 0 bridgehead atoms. The number of sulfonamides is 1. The molecule has 3 N–H and O–H groups in total. The van der Waals surface area contributed by atoms with E-state index in [-0.39, 0.29) is 11.6 Å². The minimum absolute atomic E-state index is 0.119. The molecule has 1 saturated carbocycles. The number of nitrogens with zero attached hydrogens (tertiary/aromatic N) is 1. The molecule has 0 atom stereocenters. The summed E-state index contributed by atoms with van der Waals surface area (Å²) < 4.78 is 27.6. The highest BCUT2D eigenvalue weighted by Crippen LogP contribution is 2.33. The summed E-state index contributed by atoms with van der Waals surface area (Å²) in [5, 5.41) is 0. The summed E-state index contributed by atoms with van der Waals surface area (Å²) in [5.41, 5.74) is 6.75. The molecule has 5 nitrogen and oxygen atoms in total. The summed E-state index contributed by atoms with van der Waals surface area (Å²) in [7, 11) is -3.43. The topological polar surface area (TPSA) is 75.4 Å². The fourth-order valence-electron chi connectivity index (χ4n) is 2.54. The van der Waals surface area contributed by atoms with Gasteiger partial charge >= 0.3 is 0 Å². The van der Waals surface area contributed by atoms with Crippen molar-refractivity contribution in [3.8, 4) is 0 Å². The van der Waals surface area contributed by atoms with Crippen molar-refractivity contribution in [1.29, 1.82) is 0 Å². The van der Waals surface area contributed by atoms with Crippen LogP contribution in [0.5, 0.6) is 0 Å². The molecule has 1 aliphatic heterocycles. The lowest BCUT2D eigenvalue weighted by atomic mass is 9.88. The number of anilines is 1. The van der Waals surface area contributed by atoms with E-state index in [1.54, 1.807) is 12.1 Å². The maximum atomic E-state index is 12.4.